The SMILES string of the molecule is COc1ccc(C(=O)CN(C)S(=O)(=O)c2ccc(C)cc2)cc1. The summed E-state index contributed by atoms with van der Waals surface area (Å²) in [6.45, 7) is 1.66. The van der Waals surface area contributed by atoms with Crippen molar-refractivity contribution in [3.8, 4) is 5.75 Å². The normalized spacial score (nSPS) is 11.5. The lowest BCUT2D eigenvalue weighted by Crippen LogP contribution is -2.32. The van der Waals surface area contributed by atoms with Crippen molar-refractivity contribution < 1.29 is 17.9 Å². The van der Waals surface area contributed by atoms with Crippen LogP contribution in [0.4, 0.5) is 0 Å². The van der Waals surface area contributed by atoms with Gasteiger partial charge < -0.3 is 4.74 Å². The van der Waals surface area contributed by atoms with Crippen LogP contribution in [0.2, 0.25) is 0 Å². The number of rotatable bonds is 6. The molecule has 0 aliphatic heterocycles. The van der Waals surface area contributed by atoms with E-state index >= 15 is 0 Å². The van der Waals surface area contributed by atoms with Crippen LogP contribution in [0.5, 0.6) is 5.75 Å². The number of benzene rings is 2. The first-order chi connectivity index (χ1) is 10.8. The van der Waals surface area contributed by atoms with Gasteiger partial charge in [0.1, 0.15) is 5.75 Å². The molecule has 5 nitrogen and oxygen atoms in total. The first kappa shape index (κ1) is 17.2. The van der Waals surface area contributed by atoms with E-state index in [9.17, 15) is 13.2 Å². The van der Waals surface area contributed by atoms with E-state index in [4.69, 9.17) is 4.74 Å². The molecule has 0 amide bonds. The molecule has 2 aromatic carbocycles. The topological polar surface area (TPSA) is 63.7 Å². The fourth-order valence-corrected chi connectivity index (χ4v) is 3.17. The van der Waals surface area contributed by atoms with Crippen molar-refractivity contribution >= 4 is 15.8 Å². The lowest BCUT2D eigenvalue weighted by atomic mass is 10.1. The fraction of sp³-hybridized carbons (Fsp3) is 0.235. The van der Waals surface area contributed by atoms with E-state index in [1.165, 1.54) is 7.05 Å². The average molecular weight is 333 g/mol. The van der Waals surface area contributed by atoms with Crippen molar-refractivity contribution in [3.05, 3.63) is 59.7 Å². The molecule has 0 aliphatic rings. The molecule has 0 bridgehead atoms. The second-order valence-electron chi connectivity index (χ2n) is 5.23. The van der Waals surface area contributed by atoms with Gasteiger partial charge in [-0.3, -0.25) is 4.79 Å². The maximum absolute atomic E-state index is 12.5. The van der Waals surface area contributed by atoms with E-state index in [1.54, 1.807) is 55.6 Å². The number of nitrogens with zero attached hydrogens (tertiary/aromatic N) is 1. The number of sulfonamides is 1. The number of hydrogen-bond donors (Lipinski definition) is 0. The second kappa shape index (κ2) is 6.93. The zero-order chi connectivity index (χ0) is 17.0. The third kappa shape index (κ3) is 3.97. The molecule has 0 saturated carbocycles. The van der Waals surface area contributed by atoms with E-state index in [2.05, 4.69) is 0 Å². The highest BCUT2D eigenvalue weighted by atomic mass is 32.2. The second-order valence-corrected chi connectivity index (χ2v) is 7.27. The first-order valence-electron chi connectivity index (χ1n) is 7.05. The maximum atomic E-state index is 12.5. The Morgan fingerprint density at radius 2 is 1.61 bits per heavy atom. The van der Waals surface area contributed by atoms with Crippen molar-refractivity contribution in [1.29, 1.82) is 0 Å². The number of hydrogen-bond acceptors (Lipinski definition) is 4. The van der Waals surface area contributed by atoms with Crippen LogP contribution in [0.1, 0.15) is 15.9 Å². The monoisotopic (exact) mass is 333 g/mol. The lowest BCUT2D eigenvalue weighted by Gasteiger charge is -2.16. The molecule has 0 fully saturated rings. The molecule has 0 aliphatic carbocycles. The van der Waals surface area contributed by atoms with E-state index in [0.29, 0.717) is 11.3 Å². The number of ketones is 1. The van der Waals surface area contributed by atoms with Gasteiger partial charge in [-0.2, -0.15) is 4.31 Å². The van der Waals surface area contributed by atoms with Gasteiger partial charge in [-0.15, -0.1) is 0 Å². The summed E-state index contributed by atoms with van der Waals surface area (Å²) in [7, 11) is -0.744. The van der Waals surface area contributed by atoms with E-state index < -0.39 is 10.0 Å². The molecule has 0 unspecified atom stereocenters. The van der Waals surface area contributed by atoms with E-state index in [0.717, 1.165) is 9.87 Å². The van der Waals surface area contributed by atoms with Crippen LogP contribution >= 0.6 is 0 Å². The largest absolute Gasteiger partial charge is 0.497 e. The van der Waals surface area contributed by atoms with Crippen LogP contribution in [0.15, 0.2) is 53.4 Å². The molecule has 0 atom stereocenters. The van der Waals surface area contributed by atoms with Crippen LogP contribution < -0.4 is 4.74 Å². The number of ether oxygens (including phenoxy) is 1. The average Bonchev–Trinajstić information content (AvgIpc) is 2.55. The Labute approximate surface area is 136 Å². The number of carbonyl (C=O) groups is 1. The molecular formula is C17H19NO4S. The highest BCUT2D eigenvalue weighted by Crippen LogP contribution is 2.16. The van der Waals surface area contributed by atoms with Gasteiger partial charge in [0.05, 0.1) is 18.6 Å². The molecule has 0 heterocycles. The Bertz CT molecular complexity index is 780. The standard InChI is InChI=1S/C17H19NO4S/c1-13-4-10-16(11-5-13)23(20,21)18(2)12-17(19)14-6-8-15(22-3)9-7-14/h4-11H,12H2,1-3H3. The third-order valence-electron chi connectivity index (χ3n) is 3.51. The van der Waals surface area contributed by atoms with Crippen molar-refractivity contribution in [2.45, 2.75) is 11.8 Å². The molecule has 0 saturated heterocycles. The predicted octanol–water partition coefficient (Wildman–Crippen LogP) is 2.51. The number of carbonyl (C=O) groups excluding carboxylic acids is 1. The summed E-state index contributed by atoms with van der Waals surface area (Å²) in [6, 6.07) is 13.1. The molecular weight excluding hydrogens is 314 g/mol. The third-order valence-corrected chi connectivity index (χ3v) is 5.33. The minimum atomic E-state index is -3.68. The quantitative estimate of drug-likeness (QED) is 0.762. The summed E-state index contributed by atoms with van der Waals surface area (Å²) in [5.74, 6) is 0.369. The summed E-state index contributed by atoms with van der Waals surface area (Å²) in [6.07, 6.45) is 0. The highest BCUT2D eigenvalue weighted by Gasteiger charge is 2.23. The molecule has 0 N–H and O–H groups in total. The molecule has 0 radical (unpaired) electrons. The van der Waals surface area contributed by atoms with Gasteiger partial charge in [-0.25, -0.2) is 8.42 Å². The van der Waals surface area contributed by atoms with Crippen molar-refractivity contribution in [1.82, 2.24) is 4.31 Å². The highest BCUT2D eigenvalue weighted by molar-refractivity contribution is 7.89. The van der Waals surface area contributed by atoms with Crippen LogP contribution in [0.25, 0.3) is 0 Å². The fourth-order valence-electron chi connectivity index (χ4n) is 2.05. The zero-order valence-electron chi connectivity index (χ0n) is 13.3. The Kier molecular flexibility index (Phi) is 5.18. The smallest absolute Gasteiger partial charge is 0.243 e. The minimum Gasteiger partial charge on any atom is -0.497 e. The molecule has 2 aromatic rings. The minimum absolute atomic E-state index is 0.174. The molecule has 23 heavy (non-hydrogen) atoms. The van der Waals surface area contributed by atoms with Gasteiger partial charge in [0.15, 0.2) is 5.78 Å². The Morgan fingerprint density at radius 3 is 2.13 bits per heavy atom. The van der Waals surface area contributed by atoms with Crippen LogP contribution in [-0.4, -0.2) is 39.2 Å². The maximum Gasteiger partial charge on any atom is 0.243 e. The Morgan fingerprint density at radius 1 is 1.04 bits per heavy atom. The van der Waals surface area contributed by atoms with Gasteiger partial charge in [-0.05, 0) is 43.3 Å². The number of methoxy groups -OCH3 is 1. The van der Waals surface area contributed by atoms with E-state index in [-0.39, 0.29) is 17.2 Å². The number of Topliss-reactive ketones (excluding diaryl/α,β-unsaturated/α-hetero) is 1. The molecule has 122 valence electrons. The predicted molar refractivity (Wildman–Crippen MR) is 88.3 cm³/mol. The zero-order valence-corrected chi connectivity index (χ0v) is 14.1. The van der Waals surface area contributed by atoms with Gasteiger partial charge in [0.25, 0.3) is 0 Å². The molecule has 6 heteroatoms. The summed E-state index contributed by atoms with van der Waals surface area (Å²) >= 11 is 0. The van der Waals surface area contributed by atoms with Gasteiger partial charge in [0.2, 0.25) is 10.0 Å². The van der Waals surface area contributed by atoms with Gasteiger partial charge in [0, 0.05) is 12.6 Å². The Balaban J connectivity index is 2.14. The van der Waals surface area contributed by atoms with Crippen molar-refractivity contribution in [3.63, 3.8) is 0 Å². The summed E-state index contributed by atoms with van der Waals surface area (Å²) in [4.78, 5) is 12.4. The summed E-state index contributed by atoms with van der Waals surface area (Å²) in [5, 5.41) is 0. The van der Waals surface area contributed by atoms with Crippen molar-refractivity contribution in [2.75, 3.05) is 20.7 Å². The lowest BCUT2D eigenvalue weighted by molar-refractivity contribution is 0.0973. The summed E-state index contributed by atoms with van der Waals surface area (Å²) < 4.78 is 31.0. The van der Waals surface area contributed by atoms with E-state index in [1.807, 2.05) is 6.92 Å². The van der Waals surface area contributed by atoms with Crippen LogP contribution in [0, 0.1) is 6.92 Å². The number of likely N-dealkylation sites (N-methyl/N-ethyl adjacent to an activating group) is 1. The number of aryl methyl sites for hydroxylation is 1. The van der Waals surface area contributed by atoms with Crippen molar-refractivity contribution in [2.24, 2.45) is 0 Å². The van der Waals surface area contributed by atoms with Crippen LogP contribution in [-0.2, 0) is 10.0 Å². The Hall–Kier alpha value is -2.18. The van der Waals surface area contributed by atoms with Gasteiger partial charge in [-0.1, -0.05) is 17.7 Å². The van der Waals surface area contributed by atoms with Crippen LogP contribution in [0.3, 0.4) is 0 Å². The van der Waals surface area contributed by atoms with Gasteiger partial charge >= 0.3 is 0 Å². The first-order valence-corrected chi connectivity index (χ1v) is 8.49. The molecule has 0 aromatic heterocycles. The molecule has 0 spiro atoms. The summed E-state index contributed by atoms with van der Waals surface area (Å²) in [5.41, 5.74) is 1.41. The molecule has 2 rings (SSSR count).